The molecule has 5 N–H and O–H groups in total. The molecule has 5 aromatic carbocycles. The van der Waals surface area contributed by atoms with E-state index in [9.17, 15) is 13.2 Å². The third-order valence-electron chi connectivity index (χ3n) is 12.3. The molecule has 75 heavy (non-hydrogen) atoms. The lowest BCUT2D eigenvalue weighted by Gasteiger charge is -2.08. The van der Waals surface area contributed by atoms with Crippen molar-refractivity contribution < 1.29 is 17.6 Å². The number of rotatable bonds is 10. The van der Waals surface area contributed by atoms with E-state index in [4.69, 9.17) is 9.97 Å². The van der Waals surface area contributed by atoms with Crippen LogP contribution in [0.25, 0.3) is 112 Å². The van der Waals surface area contributed by atoms with Gasteiger partial charge in [0.15, 0.2) is 11.6 Å². The number of imidazole rings is 2. The minimum absolute atomic E-state index is 0.321. The van der Waals surface area contributed by atoms with Crippen LogP contribution in [0.3, 0.4) is 0 Å². The summed E-state index contributed by atoms with van der Waals surface area (Å²) in [7, 11) is 0. The number of hydrogen-bond acceptors (Lipinski definition) is 10. The Morgan fingerprint density at radius 1 is 0.453 bits per heavy atom. The third kappa shape index (κ3) is 9.67. The van der Waals surface area contributed by atoms with Gasteiger partial charge in [0.05, 0.1) is 33.5 Å². The lowest BCUT2D eigenvalue weighted by atomic mass is 10.0. The first-order valence-corrected chi connectivity index (χ1v) is 23.8. The van der Waals surface area contributed by atoms with Crippen molar-refractivity contribution >= 4 is 43.9 Å². The Kier molecular flexibility index (Phi) is 13.1. The summed E-state index contributed by atoms with van der Waals surface area (Å²) in [5.74, 6) is -0.412. The van der Waals surface area contributed by atoms with Crippen molar-refractivity contribution in [2.24, 2.45) is 0 Å². The molecule has 8 aromatic heterocycles. The van der Waals surface area contributed by atoms with Crippen LogP contribution in [0.5, 0.6) is 0 Å². The number of nitrogens with zero attached hydrogens (tertiary/aromatic N) is 9. The Labute approximate surface area is 424 Å². The predicted octanol–water partition coefficient (Wildman–Crippen LogP) is 12.7. The van der Waals surface area contributed by atoms with Crippen LogP contribution in [0.15, 0.2) is 165 Å². The first kappa shape index (κ1) is 47.5. The fourth-order valence-electron chi connectivity index (χ4n) is 8.73. The second-order valence-corrected chi connectivity index (χ2v) is 17.0. The molecule has 8 heterocycles. The fraction of sp³-hybridized carbons (Fsp3) is 0.0702. The van der Waals surface area contributed by atoms with Crippen molar-refractivity contribution in [2.45, 2.75) is 26.9 Å². The van der Waals surface area contributed by atoms with Crippen LogP contribution in [0.2, 0.25) is 0 Å². The van der Waals surface area contributed by atoms with Gasteiger partial charge >= 0.3 is 0 Å². The number of halogens is 4. The predicted molar refractivity (Wildman–Crippen MR) is 281 cm³/mol. The van der Waals surface area contributed by atoms with Gasteiger partial charge in [0.25, 0.3) is 0 Å². The Hall–Kier alpha value is -9.81. The molecule has 0 bridgehead atoms. The molecule has 0 spiro atoms. The van der Waals surface area contributed by atoms with Gasteiger partial charge in [0.2, 0.25) is 0 Å². The summed E-state index contributed by atoms with van der Waals surface area (Å²) in [4.78, 5) is 37.3. The van der Waals surface area contributed by atoms with Crippen molar-refractivity contribution in [2.75, 3.05) is 0 Å². The molecule has 13 rings (SSSR count). The van der Waals surface area contributed by atoms with Gasteiger partial charge in [-0.1, -0.05) is 44.2 Å². The van der Waals surface area contributed by atoms with Crippen LogP contribution in [0.1, 0.15) is 25.0 Å². The van der Waals surface area contributed by atoms with E-state index in [1.54, 1.807) is 79.6 Å². The van der Waals surface area contributed by atoms with Crippen molar-refractivity contribution in [1.29, 1.82) is 0 Å². The first-order valence-electron chi connectivity index (χ1n) is 23.8. The summed E-state index contributed by atoms with van der Waals surface area (Å²) < 4.78 is 56.8. The summed E-state index contributed by atoms with van der Waals surface area (Å²) in [6.45, 7) is 5.32. The molecule has 368 valence electrons. The molecule has 0 amide bonds. The van der Waals surface area contributed by atoms with E-state index in [1.165, 1.54) is 48.3 Å². The van der Waals surface area contributed by atoms with Gasteiger partial charge in [-0.15, -0.1) is 0 Å². The van der Waals surface area contributed by atoms with Gasteiger partial charge in [-0.05, 0) is 90.0 Å². The second-order valence-electron chi connectivity index (χ2n) is 17.0. The van der Waals surface area contributed by atoms with Gasteiger partial charge in [-0.25, -0.2) is 37.5 Å². The average Bonchev–Trinajstić information content (AvgIpc) is 4.28. The first-order chi connectivity index (χ1) is 36.8. The molecule has 0 radical (unpaired) electrons. The number of nitrogens with one attached hydrogen (secondary N) is 5. The molecule has 13 aromatic rings. The number of fused-ring (bicyclic) bond motifs is 4. The van der Waals surface area contributed by atoms with Crippen LogP contribution in [0.4, 0.5) is 17.6 Å². The van der Waals surface area contributed by atoms with E-state index in [0.29, 0.717) is 96.1 Å². The van der Waals surface area contributed by atoms with Gasteiger partial charge in [0, 0.05) is 107 Å². The minimum Gasteiger partial charge on any atom is -0.336 e. The Bertz CT molecular complexity index is 4120. The van der Waals surface area contributed by atoms with Crippen LogP contribution < -0.4 is 5.32 Å². The second kappa shape index (κ2) is 20.7. The van der Waals surface area contributed by atoms with Crippen LogP contribution in [-0.2, 0) is 13.1 Å². The molecule has 0 saturated carbocycles. The Morgan fingerprint density at radius 2 is 0.947 bits per heavy atom. The highest BCUT2D eigenvalue weighted by Crippen LogP contribution is 2.36. The van der Waals surface area contributed by atoms with Crippen molar-refractivity contribution in [3.05, 3.63) is 199 Å². The lowest BCUT2D eigenvalue weighted by molar-refractivity contribution is 0.627. The van der Waals surface area contributed by atoms with E-state index in [-0.39, 0.29) is 17.5 Å². The fourth-order valence-corrected chi connectivity index (χ4v) is 8.73. The maximum atomic E-state index is 15.3. The summed E-state index contributed by atoms with van der Waals surface area (Å²) in [5, 5.41) is 19.4. The zero-order chi connectivity index (χ0) is 51.4. The van der Waals surface area contributed by atoms with Crippen LogP contribution in [-0.4, -0.2) is 65.3 Å². The quantitative estimate of drug-likeness (QED) is 0.0824. The summed E-state index contributed by atoms with van der Waals surface area (Å²) in [5.41, 5.74) is 11.8. The smallest absolute Gasteiger partial charge is 0.159 e. The number of pyridine rings is 3. The number of aromatic nitrogens is 13. The maximum absolute atomic E-state index is 15.3. The lowest BCUT2D eigenvalue weighted by Crippen LogP contribution is -2.12. The molecular weight excluding hydrogens is 957 g/mol. The van der Waals surface area contributed by atoms with Gasteiger partial charge < -0.3 is 15.3 Å². The van der Waals surface area contributed by atoms with E-state index in [1.807, 2.05) is 44.2 Å². The van der Waals surface area contributed by atoms with E-state index < -0.39 is 5.82 Å². The molecule has 0 aliphatic rings. The van der Waals surface area contributed by atoms with Gasteiger partial charge in [-0.3, -0.25) is 25.1 Å². The van der Waals surface area contributed by atoms with Crippen molar-refractivity contribution in [3.63, 3.8) is 0 Å². The highest BCUT2D eigenvalue weighted by molar-refractivity contribution is 5.99. The van der Waals surface area contributed by atoms with Crippen LogP contribution in [0, 0.1) is 23.3 Å². The SMILES string of the molecule is CC.Fc1ccc(-c2nccc3[nH]c(-c4n[nH]c5cc(F)c(-c6cncc(CNCc7ccccc7)c6)cc45)nc23)cc1.Fc1ccc(-c2nccc3[nH]c(-c4n[nH]c5cc(F)c(-c6cncnc6)cc45)nc23)cc1. The van der Waals surface area contributed by atoms with Gasteiger partial charge in [0.1, 0.15) is 52.0 Å². The topological polar surface area (TPSA) is 191 Å². The zero-order valence-corrected chi connectivity index (χ0v) is 40.0. The monoisotopic (exact) mass is 998 g/mol. The standard InChI is InChI=1S/C32H23F2N7.C23H13F2N7.C2H6/c33-23-8-6-21(7-9-23)29-31-27(10-11-37-29)38-32(39-31)30-25-13-24(26(34)14-28(25)40-41-30)22-12-20(17-36-18-22)16-35-15-19-4-2-1-3-5-19;24-14-3-1-12(2-4-14)20-22-18(5-6-28-20)29-23(30-22)21-16-7-15(13-9-26-11-27-10-13)17(25)8-19(16)31-32-21;1-2/h1-14,17-18,35H,15-16H2,(H,38,39)(H,40,41);1-11H,(H,29,30)(H,31,32);1-2H3. The maximum Gasteiger partial charge on any atom is 0.159 e. The van der Waals surface area contributed by atoms with Crippen LogP contribution >= 0.6 is 0 Å². The number of benzene rings is 5. The average molecular weight is 999 g/mol. The van der Waals surface area contributed by atoms with E-state index in [0.717, 1.165) is 34.3 Å². The largest absolute Gasteiger partial charge is 0.336 e. The highest BCUT2D eigenvalue weighted by Gasteiger charge is 2.21. The molecule has 0 atom stereocenters. The summed E-state index contributed by atoms with van der Waals surface area (Å²) >= 11 is 0. The molecule has 0 aliphatic carbocycles. The number of hydrogen-bond donors (Lipinski definition) is 5. The normalized spacial score (nSPS) is 11.2. The third-order valence-corrected chi connectivity index (χ3v) is 12.3. The zero-order valence-electron chi connectivity index (χ0n) is 40.0. The molecular formula is C57H42F4N14. The Morgan fingerprint density at radius 3 is 1.48 bits per heavy atom. The van der Waals surface area contributed by atoms with E-state index >= 15 is 4.39 Å². The van der Waals surface area contributed by atoms with E-state index in [2.05, 4.69) is 72.7 Å². The summed E-state index contributed by atoms with van der Waals surface area (Å²) in [6.07, 6.45) is 11.3. The number of aromatic amines is 4. The molecule has 18 heteroatoms. The number of H-pyrrole nitrogens is 4. The molecule has 0 aliphatic heterocycles. The molecule has 14 nitrogen and oxygen atoms in total. The molecule has 0 unspecified atom stereocenters. The van der Waals surface area contributed by atoms with Crippen molar-refractivity contribution in [3.8, 4) is 67.8 Å². The molecule has 0 fully saturated rings. The van der Waals surface area contributed by atoms with Crippen molar-refractivity contribution in [1.82, 2.24) is 70.6 Å². The summed E-state index contributed by atoms with van der Waals surface area (Å²) in [6, 6.07) is 34.2. The van der Waals surface area contributed by atoms with Gasteiger partial charge in [-0.2, -0.15) is 10.2 Å². The highest BCUT2D eigenvalue weighted by atomic mass is 19.1. The molecule has 0 saturated heterocycles. The Balaban J connectivity index is 0.000000160. The minimum atomic E-state index is -0.407.